The molecule has 0 aliphatic carbocycles. The molecule has 1 aromatic rings. The highest BCUT2D eigenvalue weighted by Gasteiger charge is 2.05. The van der Waals surface area contributed by atoms with E-state index in [1.54, 1.807) is 11.8 Å². The maximum absolute atomic E-state index is 4.44. The lowest BCUT2D eigenvalue weighted by Gasteiger charge is -2.15. The first-order valence-electron chi connectivity index (χ1n) is 5.47. The summed E-state index contributed by atoms with van der Waals surface area (Å²) in [6.45, 7) is 0.950. The van der Waals surface area contributed by atoms with Crippen LogP contribution in [0.15, 0.2) is 29.3 Å². The van der Waals surface area contributed by atoms with Crippen molar-refractivity contribution in [3.8, 4) is 0 Å². The standard InChI is InChI=1S/C12H17N3S/c1-15(2)11-6-4-10(5-7-11)14-12-13-8-3-9-16-12/h4-7H,3,8-9H2,1-2H3,(H,13,14). The minimum absolute atomic E-state index is 0.950. The minimum Gasteiger partial charge on any atom is -0.378 e. The van der Waals surface area contributed by atoms with Crippen LogP contribution in [0.1, 0.15) is 6.42 Å². The van der Waals surface area contributed by atoms with Crippen LogP contribution in [0.3, 0.4) is 0 Å². The van der Waals surface area contributed by atoms with Gasteiger partial charge in [-0.2, -0.15) is 0 Å². The van der Waals surface area contributed by atoms with Gasteiger partial charge in [0.1, 0.15) is 0 Å². The zero-order valence-corrected chi connectivity index (χ0v) is 10.5. The Bertz CT molecular complexity index is 370. The summed E-state index contributed by atoms with van der Waals surface area (Å²) in [7, 11) is 4.09. The first-order chi connectivity index (χ1) is 7.75. The molecule has 86 valence electrons. The summed E-state index contributed by atoms with van der Waals surface area (Å²) < 4.78 is 0. The molecule has 0 fully saturated rings. The van der Waals surface area contributed by atoms with E-state index in [2.05, 4.69) is 39.5 Å². The Labute approximate surface area is 101 Å². The SMILES string of the molecule is CN(C)c1ccc(NC2=NCCCS2)cc1. The predicted molar refractivity (Wildman–Crippen MR) is 73.8 cm³/mol. The molecule has 0 atom stereocenters. The van der Waals surface area contributed by atoms with Crippen molar-refractivity contribution in [1.29, 1.82) is 0 Å². The maximum atomic E-state index is 4.44. The van der Waals surface area contributed by atoms with Crippen LogP contribution in [-0.4, -0.2) is 31.6 Å². The summed E-state index contributed by atoms with van der Waals surface area (Å²) in [5, 5.41) is 4.39. The molecule has 2 rings (SSSR count). The van der Waals surface area contributed by atoms with Crippen molar-refractivity contribution in [3.63, 3.8) is 0 Å². The lowest BCUT2D eigenvalue weighted by Crippen LogP contribution is -2.13. The van der Waals surface area contributed by atoms with E-state index in [0.29, 0.717) is 0 Å². The lowest BCUT2D eigenvalue weighted by molar-refractivity contribution is 0.938. The molecule has 0 bridgehead atoms. The van der Waals surface area contributed by atoms with Crippen molar-refractivity contribution < 1.29 is 0 Å². The molecule has 1 aliphatic rings. The molecule has 3 nitrogen and oxygen atoms in total. The fourth-order valence-electron chi connectivity index (χ4n) is 1.50. The van der Waals surface area contributed by atoms with Crippen LogP contribution < -0.4 is 10.2 Å². The van der Waals surface area contributed by atoms with E-state index in [4.69, 9.17) is 0 Å². The van der Waals surface area contributed by atoms with Gasteiger partial charge in [-0.1, -0.05) is 11.8 Å². The topological polar surface area (TPSA) is 27.6 Å². The van der Waals surface area contributed by atoms with E-state index in [9.17, 15) is 0 Å². The summed E-state index contributed by atoms with van der Waals surface area (Å²) in [6.07, 6.45) is 1.19. The molecule has 16 heavy (non-hydrogen) atoms. The molecule has 1 aromatic carbocycles. The van der Waals surface area contributed by atoms with Crippen LogP contribution in [0.25, 0.3) is 0 Å². The van der Waals surface area contributed by atoms with Crippen molar-refractivity contribution in [2.45, 2.75) is 6.42 Å². The molecular weight excluding hydrogens is 218 g/mol. The lowest BCUT2D eigenvalue weighted by atomic mass is 10.2. The van der Waals surface area contributed by atoms with Crippen LogP contribution >= 0.6 is 11.8 Å². The van der Waals surface area contributed by atoms with Crippen LogP contribution in [-0.2, 0) is 0 Å². The zero-order chi connectivity index (χ0) is 11.4. The molecule has 1 heterocycles. The van der Waals surface area contributed by atoms with Gasteiger partial charge in [-0.3, -0.25) is 4.99 Å². The van der Waals surface area contributed by atoms with Crippen molar-refractivity contribution in [2.75, 3.05) is 36.6 Å². The number of anilines is 2. The van der Waals surface area contributed by atoms with Gasteiger partial charge in [0, 0.05) is 37.8 Å². The van der Waals surface area contributed by atoms with E-state index in [1.807, 2.05) is 14.1 Å². The summed E-state index contributed by atoms with van der Waals surface area (Å²) in [4.78, 5) is 6.53. The average Bonchev–Trinajstić information content (AvgIpc) is 2.31. The normalized spacial score (nSPS) is 15.5. The van der Waals surface area contributed by atoms with Gasteiger partial charge in [-0.25, -0.2) is 0 Å². The van der Waals surface area contributed by atoms with Crippen molar-refractivity contribution in [3.05, 3.63) is 24.3 Å². The van der Waals surface area contributed by atoms with Gasteiger partial charge in [0.15, 0.2) is 5.17 Å². The van der Waals surface area contributed by atoms with Gasteiger partial charge in [-0.05, 0) is 30.7 Å². The smallest absolute Gasteiger partial charge is 0.161 e. The number of rotatable bonds is 2. The first kappa shape index (κ1) is 11.3. The number of nitrogens with one attached hydrogen (secondary N) is 1. The number of aliphatic imine (C=N–C) groups is 1. The molecule has 0 amide bonds. The summed E-state index contributed by atoms with van der Waals surface area (Å²) in [5.74, 6) is 1.17. The quantitative estimate of drug-likeness (QED) is 0.854. The van der Waals surface area contributed by atoms with E-state index >= 15 is 0 Å². The Hall–Kier alpha value is -1.16. The molecule has 0 unspecified atom stereocenters. The molecule has 0 saturated heterocycles. The molecule has 0 saturated carbocycles. The second-order valence-corrected chi connectivity index (χ2v) is 5.04. The van der Waals surface area contributed by atoms with E-state index in [1.165, 1.54) is 17.9 Å². The van der Waals surface area contributed by atoms with Gasteiger partial charge in [0.2, 0.25) is 0 Å². The average molecular weight is 235 g/mol. The number of benzene rings is 1. The van der Waals surface area contributed by atoms with Gasteiger partial charge in [0.05, 0.1) is 0 Å². The Morgan fingerprint density at radius 3 is 2.56 bits per heavy atom. The van der Waals surface area contributed by atoms with E-state index in [-0.39, 0.29) is 0 Å². The fourth-order valence-corrected chi connectivity index (χ4v) is 2.34. The number of hydrogen-bond donors (Lipinski definition) is 1. The third-order valence-electron chi connectivity index (χ3n) is 2.43. The van der Waals surface area contributed by atoms with Crippen molar-refractivity contribution in [1.82, 2.24) is 0 Å². The van der Waals surface area contributed by atoms with Gasteiger partial charge < -0.3 is 10.2 Å². The van der Waals surface area contributed by atoms with E-state index < -0.39 is 0 Å². The number of amidine groups is 1. The Morgan fingerprint density at radius 2 is 2.00 bits per heavy atom. The summed E-state index contributed by atoms with van der Waals surface area (Å²) >= 11 is 1.80. The minimum atomic E-state index is 0.950. The van der Waals surface area contributed by atoms with Gasteiger partial charge >= 0.3 is 0 Å². The van der Waals surface area contributed by atoms with Crippen molar-refractivity contribution >= 4 is 28.3 Å². The number of nitrogens with zero attached hydrogens (tertiary/aromatic N) is 2. The predicted octanol–water partition coefficient (Wildman–Crippen LogP) is 2.66. The fraction of sp³-hybridized carbons (Fsp3) is 0.417. The van der Waals surface area contributed by atoms with E-state index in [0.717, 1.165) is 17.4 Å². The molecule has 1 N–H and O–H groups in total. The Kier molecular flexibility index (Phi) is 3.72. The third kappa shape index (κ3) is 2.92. The maximum Gasteiger partial charge on any atom is 0.161 e. The van der Waals surface area contributed by atoms with Crippen LogP contribution in [0.2, 0.25) is 0 Å². The summed E-state index contributed by atoms with van der Waals surface area (Å²) in [6, 6.07) is 8.40. The number of hydrogen-bond acceptors (Lipinski definition) is 4. The van der Waals surface area contributed by atoms with Crippen LogP contribution in [0, 0.1) is 0 Å². The molecular formula is C12H17N3S. The van der Waals surface area contributed by atoms with Crippen molar-refractivity contribution in [2.24, 2.45) is 4.99 Å². The highest BCUT2D eigenvalue weighted by molar-refractivity contribution is 8.14. The Balaban J connectivity index is 2.02. The Morgan fingerprint density at radius 1 is 1.25 bits per heavy atom. The monoisotopic (exact) mass is 235 g/mol. The largest absolute Gasteiger partial charge is 0.378 e. The molecule has 0 radical (unpaired) electrons. The highest BCUT2D eigenvalue weighted by atomic mass is 32.2. The van der Waals surface area contributed by atoms with Gasteiger partial charge in [-0.15, -0.1) is 0 Å². The molecule has 1 aliphatic heterocycles. The first-order valence-corrected chi connectivity index (χ1v) is 6.46. The zero-order valence-electron chi connectivity index (χ0n) is 9.73. The summed E-state index contributed by atoms with van der Waals surface area (Å²) in [5.41, 5.74) is 2.32. The number of thioether (sulfide) groups is 1. The second-order valence-electron chi connectivity index (χ2n) is 3.96. The molecule has 0 aromatic heterocycles. The van der Waals surface area contributed by atoms with Gasteiger partial charge in [0.25, 0.3) is 0 Å². The second kappa shape index (κ2) is 5.25. The van der Waals surface area contributed by atoms with Crippen LogP contribution in [0.4, 0.5) is 11.4 Å². The molecule has 0 spiro atoms. The molecule has 4 heteroatoms. The third-order valence-corrected chi connectivity index (χ3v) is 3.43. The highest BCUT2D eigenvalue weighted by Crippen LogP contribution is 2.19. The van der Waals surface area contributed by atoms with Crippen LogP contribution in [0.5, 0.6) is 0 Å².